The van der Waals surface area contributed by atoms with E-state index in [9.17, 15) is 0 Å². The number of hydrogen-bond acceptors (Lipinski definition) is 2. The van der Waals surface area contributed by atoms with Crippen molar-refractivity contribution >= 4 is 29.1 Å². The number of hydrogen-bond donors (Lipinski definition) is 1. The van der Waals surface area contributed by atoms with E-state index in [0.717, 1.165) is 10.6 Å². The standard InChI is InChI=1S/C12H16ClNS/c1-8-10(13)4-3-5-11(8)14-12-6-7-15-9(12)2/h3-5,9,12,14H,6-7H2,1-2H3. The molecule has 0 spiro atoms. The average Bonchev–Trinajstić information content (AvgIpc) is 2.60. The molecule has 82 valence electrons. The van der Waals surface area contributed by atoms with Crippen molar-refractivity contribution in [3.8, 4) is 0 Å². The van der Waals surface area contributed by atoms with Crippen LogP contribution in [0.3, 0.4) is 0 Å². The van der Waals surface area contributed by atoms with Crippen LogP contribution in [-0.2, 0) is 0 Å². The molecule has 0 aliphatic carbocycles. The number of thioether (sulfide) groups is 1. The summed E-state index contributed by atoms with van der Waals surface area (Å²) < 4.78 is 0. The van der Waals surface area contributed by atoms with Crippen molar-refractivity contribution < 1.29 is 0 Å². The van der Waals surface area contributed by atoms with Crippen molar-refractivity contribution in [3.05, 3.63) is 28.8 Å². The largest absolute Gasteiger partial charge is 0.381 e. The first kappa shape index (κ1) is 11.2. The van der Waals surface area contributed by atoms with Gasteiger partial charge in [0.1, 0.15) is 0 Å². The van der Waals surface area contributed by atoms with Gasteiger partial charge in [0.2, 0.25) is 0 Å². The topological polar surface area (TPSA) is 12.0 Å². The van der Waals surface area contributed by atoms with Gasteiger partial charge < -0.3 is 5.32 Å². The van der Waals surface area contributed by atoms with Gasteiger partial charge in [-0.25, -0.2) is 0 Å². The lowest BCUT2D eigenvalue weighted by atomic mass is 10.1. The van der Waals surface area contributed by atoms with Gasteiger partial charge in [0.05, 0.1) is 0 Å². The van der Waals surface area contributed by atoms with E-state index in [4.69, 9.17) is 11.6 Å². The molecule has 1 aliphatic heterocycles. The van der Waals surface area contributed by atoms with Gasteiger partial charge in [0, 0.05) is 22.0 Å². The Kier molecular flexibility index (Phi) is 3.47. The van der Waals surface area contributed by atoms with E-state index in [2.05, 4.69) is 25.2 Å². The summed E-state index contributed by atoms with van der Waals surface area (Å²) in [4.78, 5) is 0. The lowest BCUT2D eigenvalue weighted by Crippen LogP contribution is -2.25. The molecule has 1 heterocycles. The molecule has 2 atom stereocenters. The summed E-state index contributed by atoms with van der Waals surface area (Å²) in [5.41, 5.74) is 2.34. The molecule has 2 unspecified atom stereocenters. The highest BCUT2D eigenvalue weighted by Gasteiger charge is 2.24. The third kappa shape index (κ3) is 2.43. The van der Waals surface area contributed by atoms with Crippen LogP contribution in [-0.4, -0.2) is 17.0 Å². The van der Waals surface area contributed by atoms with Gasteiger partial charge in [0.15, 0.2) is 0 Å². The molecule has 2 rings (SSSR count). The molecular formula is C12H16ClNS. The van der Waals surface area contributed by atoms with Crippen molar-refractivity contribution in [1.82, 2.24) is 0 Å². The molecule has 1 saturated heterocycles. The van der Waals surface area contributed by atoms with Crippen LogP contribution in [0.5, 0.6) is 0 Å². The van der Waals surface area contributed by atoms with Crippen LogP contribution < -0.4 is 5.32 Å². The fourth-order valence-electron chi connectivity index (χ4n) is 1.88. The molecule has 1 aromatic carbocycles. The molecule has 1 N–H and O–H groups in total. The minimum absolute atomic E-state index is 0.590. The van der Waals surface area contributed by atoms with Crippen LogP contribution >= 0.6 is 23.4 Å². The maximum absolute atomic E-state index is 6.09. The third-order valence-electron chi connectivity index (χ3n) is 2.98. The smallest absolute Gasteiger partial charge is 0.0455 e. The predicted octanol–water partition coefficient (Wildman–Crippen LogP) is 3.95. The van der Waals surface area contributed by atoms with Gasteiger partial charge in [-0.15, -0.1) is 0 Å². The maximum atomic E-state index is 6.09. The fraction of sp³-hybridized carbons (Fsp3) is 0.500. The van der Waals surface area contributed by atoms with E-state index < -0.39 is 0 Å². The van der Waals surface area contributed by atoms with Gasteiger partial charge in [0.25, 0.3) is 0 Å². The second-order valence-electron chi connectivity index (χ2n) is 4.03. The van der Waals surface area contributed by atoms with Crippen molar-refractivity contribution in [2.24, 2.45) is 0 Å². The number of rotatable bonds is 2. The summed E-state index contributed by atoms with van der Waals surface area (Å²) >= 11 is 8.13. The van der Waals surface area contributed by atoms with Crippen LogP contribution in [0.25, 0.3) is 0 Å². The van der Waals surface area contributed by atoms with E-state index in [1.807, 2.05) is 23.9 Å². The molecule has 1 fully saturated rings. The van der Waals surface area contributed by atoms with Crippen LogP contribution in [0.2, 0.25) is 5.02 Å². The Bertz CT molecular complexity index is 353. The molecule has 1 nitrogen and oxygen atoms in total. The highest BCUT2D eigenvalue weighted by molar-refractivity contribution is 8.00. The number of nitrogens with one attached hydrogen (secondary N) is 1. The summed E-state index contributed by atoms with van der Waals surface area (Å²) in [6, 6.07) is 6.64. The molecule has 3 heteroatoms. The minimum atomic E-state index is 0.590. The van der Waals surface area contributed by atoms with E-state index in [1.165, 1.54) is 17.9 Å². The van der Waals surface area contributed by atoms with Gasteiger partial charge in [-0.3, -0.25) is 0 Å². The molecule has 15 heavy (non-hydrogen) atoms. The average molecular weight is 242 g/mol. The summed E-state index contributed by atoms with van der Waals surface area (Å²) in [6.45, 7) is 4.35. The molecular weight excluding hydrogens is 226 g/mol. The zero-order chi connectivity index (χ0) is 10.8. The van der Waals surface area contributed by atoms with E-state index in [0.29, 0.717) is 11.3 Å². The van der Waals surface area contributed by atoms with Gasteiger partial charge >= 0.3 is 0 Å². The Balaban J connectivity index is 2.13. The lowest BCUT2D eigenvalue weighted by Gasteiger charge is -2.19. The Labute approximate surface area is 101 Å². The van der Waals surface area contributed by atoms with Crippen molar-refractivity contribution in [2.45, 2.75) is 31.6 Å². The fourth-order valence-corrected chi connectivity index (χ4v) is 3.26. The van der Waals surface area contributed by atoms with Crippen LogP contribution in [0.4, 0.5) is 5.69 Å². The molecule has 0 saturated carbocycles. The molecule has 0 radical (unpaired) electrons. The third-order valence-corrected chi connectivity index (χ3v) is 4.72. The Morgan fingerprint density at radius 3 is 2.93 bits per heavy atom. The normalized spacial score (nSPS) is 25.5. The van der Waals surface area contributed by atoms with E-state index in [1.54, 1.807) is 0 Å². The van der Waals surface area contributed by atoms with Gasteiger partial charge in [-0.05, 0) is 36.8 Å². The second kappa shape index (κ2) is 4.67. The van der Waals surface area contributed by atoms with Crippen LogP contribution in [0.1, 0.15) is 18.9 Å². The van der Waals surface area contributed by atoms with Crippen molar-refractivity contribution in [3.63, 3.8) is 0 Å². The first-order valence-corrected chi connectivity index (χ1v) is 6.74. The van der Waals surface area contributed by atoms with Crippen molar-refractivity contribution in [2.75, 3.05) is 11.1 Å². The number of anilines is 1. The van der Waals surface area contributed by atoms with Crippen molar-refractivity contribution in [1.29, 1.82) is 0 Å². The molecule has 0 aromatic heterocycles. The number of benzene rings is 1. The Hall–Kier alpha value is -0.340. The SMILES string of the molecule is Cc1c(Cl)cccc1NC1CCSC1C. The first-order valence-electron chi connectivity index (χ1n) is 5.31. The molecule has 0 bridgehead atoms. The highest BCUT2D eigenvalue weighted by atomic mass is 35.5. The highest BCUT2D eigenvalue weighted by Crippen LogP contribution is 2.31. The second-order valence-corrected chi connectivity index (χ2v) is 5.92. The summed E-state index contributed by atoms with van der Waals surface area (Å²) in [5, 5.41) is 5.14. The van der Waals surface area contributed by atoms with Crippen LogP contribution in [0, 0.1) is 6.92 Å². The monoisotopic (exact) mass is 241 g/mol. The van der Waals surface area contributed by atoms with Crippen LogP contribution in [0.15, 0.2) is 18.2 Å². The molecule has 1 aromatic rings. The zero-order valence-electron chi connectivity index (χ0n) is 9.09. The Morgan fingerprint density at radius 1 is 1.47 bits per heavy atom. The quantitative estimate of drug-likeness (QED) is 0.842. The maximum Gasteiger partial charge on any atom is 0.0455 e. The predicted molar refractivity (Wildman–Crippen MR) is 70.1 cm³/mol. The molecule has 0 amide bonds. The van der Waals surface area contributed by atoms with Gasteiger partial charge in [-0.1, -0.05) is 24.6 Å². The van der Waals surface area contributed by atoms with Gasteiger partial charge in [-0.2, -0.15) is 11.8 Å². The lowest BCUT2D eigenvalue weighted by molar-refractivity contribution is 0.723. The molecule has 1 aliphatic rings. The zero-order valence-corrected chi connectivity index (χ0v) is 10.7. The first-order chi connectivity index (χ1) is 7.18. The minimum Gasteiger partial charge on any atom is -0.381 e. The van der Waals surface area contributed by atoms with E-state index in [-0.39, 0.29) is 0 Å². The van der Waals surface area contributed by atoms with E-state index >= 15 is 0 Å². The Morgan fingerprint density at radius 2 is 2.27 bits per heavy atom. The summed E-state index contributed by atoms with van der Waals surface area (Å²) in [5.74, 6) is 1.26. The number of halogens is 1. The summed E-state index contributed by atoms with van der Waals surface area (Å²) in [6.07, 6.45) is 1.25. The summed E-state index contributed by atoms with van der Waals surface area (Å²) in [7, 11) is 0.